The van der Waals surface area contributed by atoms with Gasteiger partial charge in [-0.25, -0.2) is 9.78 Å². The molecule has 2 N–H and O–H groups in total. The smallest absolute Gasteiger partial charge is 0.417 e. The van der Waals surface area contributed by atoms with Gasteiger partial charge in [0.1, 0.15) is 6.61 Å². The van der Waals surface area contributed by atoms with E-state index in [2.05, 4.69) is 9.72 Å². The molecule has 4 nitrogen and oxygen atoms in total. The van der Waals surface area contributed by atoms with E-state index in [4.69, 9.17) is 5.73 Å². The number of hydrogen-bond donors (Lipinski definition) is 1. The van der Waals surface area contributed by atoms with Gasteiger partial charge in [0.15, 0.2) is 0 Å². The van der Waals surface area contributed by atoms with Crippen LogP contribution >= 0.6 is 11.3 Å². The fourth-order valence-corrected chi connectivity index (χ4v) is 2.30. The van der Waals surface area contributed by atoms with Gasteiger partial charge in [-0.2, -0.15) is 0 Å². The number of nitrogens with zero attached hydrogens (tertiary/aromatic N) is 1. The van der Waals surface area contributed by atoms with Crippen LogP contribution in [0.3, 0.4) is 0 Å². The van der Waals surface area contributed by atoms with E-state index in [9.17, 15) is 4.79 Å². The number of nitrogens with two attached hydrogens (primary N) is 1. The molecule has 0 atom stereocenters. The van der Waals surface area contributed by atoms with E-state index >= 15 is 0 Å². The molecular weight excluding hydrogens is 236 g/mol. The highest BCUT2D eigenvalue weighted by Gasteiger charge is 2.11. The van der Waals surface area contributed by atoms with Crippen molar-refractivity contribution >= 4 is 17.8 Å². The predicted molar refractivity (Wildman–Crippen MR) is 65.9 cm³/mol. The van der Waals surface area contributed by atoms with Crippen LogP contribution in [0.1, 0.15) is 10.4 Å². The van der Waals surface area contributed by atoms with Crippen LogP contribution in [0.4, 0.5) is 0 Å². The molecule has 1 aromatic carbocycles. The minimum atomic E-state index is 0.197. The molecule has 0 aliphatic rings. The molecule has 0 aliphatic heterocycles. The Labute approximate surface area is 103 Å². The molecule has 17 heavy (non-hydrogen) atoms. The first kappa shape index (κ1) is 11.8. The molecule has 2 aromatic rings. The second-order valence-electron chi connectivity index (χ2n) is 3.36. The second kappa shape index (κ2) is 5.56. The standard InChI is InChI=1S/C12H11N2O2S/c13-5-9-3-1-2-4-10(9)12-11(6-16-8-15)17-7-14-12/h1-4,7H,5-6,13H2. The third-order valence-corrected chi connectivity index (χ3v) is 3.20. The van der Waals surface area contributed by atoms with Gasteiger partial charge >= 0.3 is 6.47 Å². The van der Waals surface area contributed by atoms with Crippen LogP contribution in [0.25, 0.3) is 11.3 Å². The van der Waals surface area contributed by atoms with E-state index in [1.165, 1.54) is 17.8 Å². The fraction of sp³-hybridized carbons (Fsp3) is 0.167. The predicted octanol–water partition coefficient (Wildman–Crippen LogP) is 1.85. The Morgan fingerprint density at radius 3 is 3.00 bits per heavy atom. The Kier molecular flexibility index (Phi) is 3.85. The van der Waals surface area contributed by atoms with Gasteiger partial charge in [-0.3, -0.25) is 0 Å². The lowest BCUT2D eigenvalue weighted by atomic mass is 10.0. The zero-order valence-corrected chi connectivity index (χ0v) is 9.87. The SMILES string of the molecule is NCc1ccccc1-c1ncsc1CO[C]=O. The molecule has 5 heteroatoms. The molecule has 1 heterocycles. The Bertz CT molecular complexity index is 511. The molecule has 0 aliphatic carbocycles. The molecule has 0 saturated heterocycles. The lowest BCUT2D eigenvalue weighted by Gasteiger charge is -2.06. The lowest BCUT2D eigenvalue weighted by Crippen LogP contribution is -2.00. The molecule has 0 bridgehead atoms. The first-order valence-electron chi connectivity index (χ1n) is 5.06. The summed E-state index contributed by atoms with van der Waals surface area (Å²) in [6.45, 7) is 2.07. The minimum Gasteiger partial charge on any atom is -0.451 e. The Hall–Kier alpha value is -1.72. The van der Waals surface area contributed by atoms with Crippen LogP contribution in [-0.4, -0.2) is 11.5 Å². The first-order valence-corrected chi connectivity index (χ1v) is 5.94. The van der Waals surface area contributed by atoms with E-state index in [-0.39, 0.29) is 6.61 Å². The summed E-state index contributed by atoms with van der Waals surface area (Å²) in [7, 11) is 0. The van der Waals surface area contributed by atoms with Gasteiger partial charge in [0.2, 0.25) is 0 Å². The van der Waals surface area contributed by atoms with Gasteiger partial charge < -0.3 is 10.5 Å². The molecule has 0 unspecified atom stereocenters. The summed E-state index contributed by atoms with van der Waals surface area (Å²) in [5, 5.41) is 0. The maximum atomic E-state index is 10.1. The van der Waals surface area contributed by atoms with Crippen molar-refractivity contribution in [2.24, 2.45) is 5.73 Å². The van der Waals surface area contributed by atoms with Gasteiger partial charge in [-0.1, -0.05) is 24.3 Å². The van der Waals surface area contributed by atoms with Crippen molar-refractivity contribution in [1.82, 2.24) is 4.98 Å². The zero-order valence-electron chi connectivity index (χ0n) is 9.05. The van der Waals surface area contributed by atoms with Crippen molar-refractivity contribution in [3.8, 4) is 11.3 Å². The van der Waals surface area contributed by atoms with Crippen molar-refractivity contribution in [3.63, 3.8) is 0 Å². The summed E-state index contributed by atoms with van der Waals surface area (Å²) < 4.78 is 4.65. The Balaban J connectivity index is 2.38. The van der Waals surface area contributed by atoms with Crippen molar-refractivity contribution in [3.05, 3.63) is 40.2 Å². The molecule has 0 spiro atoms. The molecule has 0 saturated carbocycles. The maximum Gasteiger partial charge on any atom is 0.417 e. The fourth-order valence-electron chi connectivity index (χ4n) is 1.62. The third kappa shape index (κ3) is 2.51. The van der Waals surface area contributed by atoms with Crippen molar-refractivity contribution < 1.29 is 9.53 Å². The van der Waals surface area contributed by atoms with E-state index in [1.54, 1.807) is 5.51 Å². The number of aromatic nitrogens is 1. The number of carbonyl (C=O) groups excluding carboxylic acids is 1. The number of hydrogen-bond acceptors (Lipinski definition) is 5. The average molecular weight is 247 g/mol. The van der Waals surface area contributed by atoms with Crippen LogP contribution < -0.4 is 5.73 Å². The summed E-state index contributed by atoms with van der Waals surface area (Å²) in [5.74, 6) is 0. The van der Waals surface area contributed by atoms with Crippen LogP contribution in [0, 0.1) is 0 Å². The Morgan fingerprint density at radius 1 is 1.41 bits per heavy atom. The highest BCUT2D eigenvalue weighted by molar-refractivity contribution is 7.10. The third-order valence-electron chi connectivity index (χ3n) is 2.40. The van der Waals surface area contributed by atoms with E-state index in [1.807, 2.05) is 24.3 Å². The van der Waals surface area contributed by atoms with Crippen molar-refractivity contribution in [2.45, 2.75) is 13.2 Å². The summed E-state index contributed by atoms with van der Waals surface area (Å²) in [6, 6.07) is 7.80. The van der Waals surface area contributed by atoms with Gasteiger partial charge in [0.05, 0.1) is 16.1 Å². The minimum absolute atomic E-state index is 0.197. The number of thiazole rings is 1. The lowest BCUT2D eigenvalue weighted by molar-refractivity contribution is 0.270. The van der Waals surface area contributed by atoms with Crippen LogP contribution in [0.15, 0.2) is 29.8 Å². The topological polar surface area (TPSA) is 65.2 Å². The largest absolute Gasteiger partial charge is 0.451 e. The molecule has 1 radical (unpaired) electrons. The summed E-state index contributed by atoms with van der Waals surface area (Å²) in [5.41, 5.74) is 10.3. The monoisotopic (exact) mass is 247 g/mol. The van der Waals surface area contributed by atoms with Gasteiger partial charge in [0, 0.05) is 12.1 Å². The molecule has 0 amide bonds. The highest BCUT2D eigenvalue weighted by Crippen LogP contribution is 2.28. The zero-order chi connectivity index (χ0) is 12.1. The average Bonchev–Trinajstić information content (AvgIpc) is 2.84. The molecule has 0 fully saturated rings. The first-order chi connectivity index (χ1) is 8.36. The van der Waals surface area contributed by atoms with Gasteiger partial charge in [0.25, 0.3) is 0 Å². The molecule has 1 aromatic heterocycles. The maximum absolute atomic E-state index is 10.1. The van der Waals surface area contributed by atoms with E-state index in [0.29, 0.717) is 6.54 Å². The van der Waals surface area contributed by atoms with Crippen LogP contribution in [0.2, 0.25) is 0 Å². The van der Waals surface area contributed by atoms with Crippen LogP contribution in [-0.2, 0) is 22.7 Å². The second-order valence-corrected chi connectivity index (χ2v) is 4.30. The van der Waals surface area contributed by atoms with E-state index in [0.717, 1.165) is 21.7 Å². The van der Waals surface area contributed by atoms with Gasteiger partial charge in [-0.05, 0) is 5.56 Å². The number of ether oxygens (including phenoxy) is 1. The summed E-state index contributed by atoms with van der Waals surface area (Å²) in [4.78, 5) is 15.3. The quantitative estimate of drug-likeness (QED) is 0.875. The highest BCUT2D eigenvalue weighted by atomic mass is 32.1. The number of benzene rings is 1. The van der Waals surface area contributed by atoms with E-state index < -0.39 is 0 Å². The van der Waals surface area contributed by atoms with Crippen molar-refractivity contribution in [1.29, 1.82) is 0 Å². The van der Waals surface area contributed by atoms with Gasteiger partial charge in [-0.15, -0.1) is 11.3 Å². The summed E-state index contributed by atoms with van der Waals surface area (Å²) >= 11 is 1.45. The summed E-state index contributed by atoms with van der Waals surface area (Å²) in [6.07, 6.45) is 0. The molecular formula is C12H11N2O2S. The number of rotatable bonds is 5. The normalized spacial score (nSPS) is 10.2. The van der Waals surface area contributed by atoms with Crippen molar-refractivity contribution in [2.75, 3.05) is 0 Å². The molecule has 87 valence electrons. The molecule has 2 rings (SSSR count). The van der Waals surface area contributed by atoms with Crippen LogP contribution in [0.5, 0.6) is 0 Å². The Morgan fingerprint density at radius 2 is 2.24 bits per heavy atom.